The highest BCUT2D eigenvalue weighted by atomic mass is 16.5. The molecule has 0 saturated heterocycles. The van der Waals surface area contributed by atoms with E-state index in [1.54, 1.807) is 11.8 Å². The summed E-state index contributed by atoms with van der Waals surface area (Å²) in [5.74, 6) is 0.769. The van der Waals surface area contributed by atoms with Gasteiger partial charge in [-0.3, -0.25) is 0 Å². The zero-order chi connectivity index (χ0) is 8.43. The van der Waals surface area contributed by atoms with Crippen molar-refractivity contribution in [1.29, 1.82) is 0 Å². The quantitative estimate of drug-likeness (QED) is 0.686. The van der Waals surface area contributed by atoms with Gasteiger partial charge in [-0.15, -0.1) is 0 Å². The van der Waals surface area contributed by atoms with Crippen LogP contribution in [0.15, 0.2) is 0 Å². The Morgan fingerprint density at radius 3 is 2.55 bits per heavy atom. The topological polar surface area (TPSA) is 39.1 Å². The van der Waals surface area contributed by atoms with Gasteiger partial charge in [0.25, 0.3) is 0 Å². The second kappa shape index (κ2) is 2.82. The minimum atomic E-state index is 0.769. The van der Waals surface area contributed by atoms with E-state index in [-0.39, 0.29) is 0 Å². The largest absolute Gasteiger partial charge is 0.480 e. The summed E-state index contributed by atoms with van der Waals surface area (Å²) < 4.78 is 6.84. The van der Waals surface area contributed by atoms with Crippen LogP contribution in [0.3, 0.4) is 0 Å². The Bertz CT molecular complexity index is 230. The van der Waals surface area contributed by atoms with Crippen LogP contribution in [0, 0.1) is 6.92 Å². The maximum atomic E-state index is 5.13. The SMILES string of the molecule is CNc1c(C)nn(C)c1OC. The second-order valence-corrected chi connectivity index (χ2v) is 2.34. The molecule has 4 heteroatoms. The molecule has 0 atom stereocenters. The first-order chi connectivity index (χ1) is 5.20. The first-order valence-corrected chi connectivity index (χ1v) is 3.46. The Morgan fingerprint density at radius 2 is 2.18 bits per heavy atom. The summed E-state index contributed by atoms with van der Waals surface area (Å²) in [6.45, 7) is 1.94. The standard InChI is InChI=1S/C7H13N3O/c1-5-6(8-2)7(11-4)10(3)9-5/h8H,1-4H3. The number of aryl methyl sites for hydroxylation is 2. The van der Waals surface area contributed by atoms with Crippen molar-refractivity contribution in [3.05, 3.63) is 5.69 Å². The lowest BCUT2D eigenvalue weighted by molar-refractivity contribution is 0.375. The molecule has 0 radical (unpaired) electrons. The summed E-state index contributed by atoms with van der Waals surface area (Å²) in [6.07, 6.45) is 0. The van der Waals surface area contributed by atoms with Crippen LogP contribution >= 0.6 is 0 Å². The van der Waals surface area contributed by atoms with Gasteiger partial charge in [-0.05, 0) is 6.92 Å². The molecule has 4 nitrogen and oxygen atoms in total. The molecule has 1 rings (SSSR count). The number of aromatic nitrogens is 2. The molecule has 62 valence electrons. The lowest BCUT2D eigenvalue weighted by Gasteiger charge is -2.02. The lowest BCUT2D eigenvalue weighted by Crippen LogP contribution is -1.97. The lowest BCUT2D eigenvalue weighted by atomic mass is 10.4. The van der Waals surface area contributed by atoms with Gasteiger partial charge in [-0.2, -0.15) is 5.10 Å². The molecule has 0 aliphatic heterocycles. The zero-order valence-electron chi connectivity index (χ0n) is 7.30. The van der Waals surface area contributed by atoms with Gasteiger partial charge in [0, 0.05) is 14.1 Å². The van der Waals surface area contributed by atoms with Crippen LogP contribution in [0.1, 0.15) is 5.69 Å². The normalized spacial score (nSPS) is 9.82. The molecule has 0 saturated carbocycles. The molecule has 0 aromatic carbocycles. The van der Waals surface area contributed by atoms with Gasteiger partial charge in [-0.25, -0.2) is 4.68 Å². The van der Waals surface area contributed by atoms with E-state index in [1.165, 1.54) is 0 Å². The zero-order valence-corrected chi connectivity index (χ0v) is 7.30. The fraction of sp³-hybridized carbons (Fsp3) is 0.571. The third-order valence-electron chi connectivity index (χ3n) is 1.61. The van der Waals surface area contributed by atoms with Crippen LogP contribution in [0.2, 0.25) is 0 Å². The summed E-state index contributed by atoms with van der Waals surface area (Å²) in [4.78, 5) is 0. The molecule has 1 aromatic rings. The molecule has 1 heterocycles. The molecule has 0 unspecified atom stereocenters. The van der Waals surface area contributed by atoms with Crippen molar-refractivity contribution in [2.75, 3.05) is 19.5 Å². The Hall–Kier alpha value is -1.19. The third-order valence-corrected chi connectivity index (χ3v) is 1.61. The number of hydrogen-bond donors (Lipinski definition) is 1. The molecule has 0 spiro atoms. The number of rotatable bonds is 2. The number of hydrogen-bond acceptors (Lipinski definition) is 3. The van der Waals surface area contributed by atoms with E-state index in [0.29, 0.717) is 0 Å². The summed E-state index contributed by atoms with van der Waals surface area (Å²) in [7, 11) is 5.34. The monoisotopic (exact) mass is 155 g/mol. The number of methoxy groups -OCH3 is 1. The second-order valence-electron chi connectivity index (χ2n) is 2.34. The predicted octanol–water partition coefficient (Wildman–Crippen LogP) is 0.779. The van der Waals surface area contributed by atoms with E-state index in [1.807, 2.05) is 21.0 Å². The van der Waals surface area contributed by atoms with E-state index < -0.39 is 0 Å². The fourth-order valence-corrected chi connectivity index (χ4v) is 1.16. The average molecular weight is 155 g/mol. The van der Waals surface area contributed by atoms with E-state index >= 15 is 0 Å². The summed E-state index contributed by atoms with van der Waals surface area (Å²) in [5, 5.41) is 7.21. The van der Waals surface area contributed by atoms with E-state index in [4.69, 9.17) is 4.74 Å². The Morgan fingerprint density at radius 1 is 1.55 bits per heavy atom. The number of ether oxygens (including phenoxy) is 1. The number of nitrogens with one attached hydrogen (secondary N) is 1. The maximum absolute atomic E-state index is 5.13. The number of anilines is 1. The van der Waals surface area contributed by atoms with E-state index in [9.17, 15) is 0 Å². The average Bonchev–Trinajstić information content (AvgIpc) is 2.24. The maximum Gasteiger partial charge on any atom is 0.235 e. The molecular formula is C7H13N3O. The summed E-state index contributed by atoms with van der Waals surface area (Å²) >= 11 is 0. The van der Waals surface area contributed by atoms with Crippen LogP contribution in [0.5, 0.6) is 5.88 Å². The molecule has 11 heavy (non-hydrogen) atoms. The third kappa shape index (κ3) is 1.15. The van der Waals surface area contributed by atoms with Crippen molar-refractivity contribution in [1.82, 2.24) is 9.78 Å². The molecule has 1 N–H and O–H groups in total. The molecule has 0 amide bonds. The molecule has 1 aromatic heterocycles. The predicted molar refractivity (Wildman–Crippen MR) is 44.0 cm³/mol. The highest BCUT2D eigenvalue weighted by Crippen LogP contribution is 2.25. The smallest absolute Gasteiger partial charge is 0.235 e. The molecule has 0 fully saturated rings. The van der Waals surface area contributed by atoms with Gasteiger partial charge in [0.05, 0.1) is 12.8 Å². The van der Waals surface area contributed by atoms with Gasteiger partial charge in [-0.1, -0.05) is 0 Å². The van der Waals surface area contributed by atoms with E-state index in [0.717, 1.165) is 17.3 Å². The first kappa shape index (κ1) is 7.91. The Kier molecular flexibility index (Phi) is 2.03. The molecule has 0 aliphatic rings. The molecular weight excluding hydrogens is 142 g/mol. The van der Waals surface area contributed by atoms with Crippen LogP contribution in [0.4, 0.5) is 5.69 Å². The van der Waals surface area contributed by atoms with Gasteiger partial charge in [0.1, 0.15) is 5.69 Å². The van der Waals surface area contributed by atoms with Crippen LogP contribution < -0.4 is 10.1 Å². The van der Waals surface area contributed by atoms with Crippen molar-refractivity contribution < 1.29 is 4.74 Å². The van der Waals surface area contributed by atoms with Crippen LogP contribution in [-0.2, 0) is 7.05 Å². The van der Waals surface area contributed by atoms with Crippen LogP contribution in [0.25, 0.3) is 0 Å². The summed E-state index contributed by atoms with van der Waals surface area (Å²) in [5.41, 5.74) is 1.90. The van der Waals surface area contributed by atoms with Gasteiger partial charge in [0.2, 0.25) is 5.88 Å². The first-order valence-electron chi connectivity index (χ1n) is 3.46. The van der Waals surface area contributed by atoms with Crippen molar-refractivity contribution >= 4 is 5.69 Å². The van der Waals surface area contributed by atoms with Crippen molar-refractivity contribution in [2.45, 2.75) is 6.92 Å². The van der Waals surface area contributed by atoms with Crippen LogP contribution in [-0.4, -0.2) is 23.9 Å². The fourth-order valence-electron chi connectivity index (χ4n) is 1.16. The van der Waals surface area contributed by atoms with Gasteiger partial charge < -0.3 is 10.1 Å². The summed E-state index contributed by atoms with van der Waals surface area (Å²) in [6, 6.07) is 0. The van der Waals surface area contributed by atoms with E-state index in [2.05, 4.69) is 10.4 Å². The van der Waals surface area contributed by atoms with Crippen molar-refractivity contribution in [3.63, 3.8) is 0 Å². The molecule has 0 aliphatic carbocycles. The van der Waals surface area contributed by atoms with Crippen molar-refractivity contribution in [3.8, 4) is 5.88 Å². The minimum Gasteiger partial charge on any atom is -0.480 e. The Balaban J connectivity index is 3.17. The minimum absolute atomic E-state index is 0.769. The van der Waals surface area contributed by atoms with Gasteiger partial charge >= 0.3 is 0 Å². The highest BCUT2D eigenvalue weighted by Gasteiger charge is 2.10. The number of nitrogens with zero attached hydrogens (tertiary/aromatic N) is 2. The van der Waals surface area contributed by atoms with Gasteiger partial charge in [0.15, 0.2) is 0 Å². The highest BCUT2D eigenvalue weighted by molar-refractivity contribution is 5.56. The van der Waals surface area contributed by atoms with Crippen molar-refractivity contribution in [2.24, 2.45) is 7.05 Å². The molecule has 0 bridgehead atoms. The Labute approximate surface area is 66.2 Å².